The van der Waals surface area contributed by atoms with E-state index in [4.69, 9.17) is 10.5 Å². The van der Waals surface area contributed by atoms with Crippen LogP contribution in [0.4, 0.5) is 0 Å². The highest BCUT2D eigenvalue weighted by molar-refractivity contribution is 5.04. The maximum atomic E-state index is 6.05. The minimum absolute atomic E-state index is 0.211. The summed E-state index contributed by atoms with van der Waals surface area (Å²) < 4.78 is 5.70. The number of likely N-dealkylation sites (N-methyl/N-ethyl adjacent to an activating group) is 1. The van der Waals surface area contributed by atoms with Crippen LogP contribution in [0.15, 0.2) is 0 Å². The van der Waals surface area contributed by atoms with Crippen LogP contribution in [-0.4, -0.2) is 68.3 Å². The zero-order chi connectivity index (χ0) is 13.9. The molecule has 0 aromatic rings. The van der Waals surface area contributed by atoms with Gasteiger partial charge in [-0.3, -0.25) is 4.90 Å². The van der Waals surface area contributed by atoms with Gasteiger partial charge in [0.25, 0.3) is 0 Å². The van der Waals surface area contributed by atoms with E-state index in [9.17, 15) is 0 Å². The monoisotopic (exact) mass is 269 g/mol. The summed E-state index contributed by atoms with van der Waals surface area (Å²) in [4.78, 5) is 4.96. The molecular formula is C15H31N3O. The van der Waals surface area contributed by atoms with Crippen molar-refractivity contribution in [3.05, 3.63) is 0 Å². The van der Waals surface area contributed by atoms with Crippen LogP contribution in [0, 0.1) is 5.92 Å². The van der Waals surface area contributed by atoms with Crippen LogP contribution < -0.4 is 5.73 Å². The maximum absolute atomic E-state index is 6.05. The lowest BCUT2D eigenvalue weighted by molar-refractivity contribution is -0.0967. The van der Waals surface area contributed by atoms with Gasteiger partial charge in [0.05, 0.1) is 6.10 Å². The van der Waals surface area contributed by atoms with Crippen molar-refractivity contribution in [2.24, 2.45) is 11.7 Å². The number of nitrogens with two attached hydrogens (primary N) is 1. The summed E-state index contributed by atoms with van der Waals surface area (Å²) in [5.74, 6) is 0.843. The largest absolute Gasteiger partial charge is 0.378 e. The number of nitrogens with zero attached hydrogens (tertiary/aromatic N) is 2. The van der Waals surface area contributed by atoms with Gasteiger partial charge in [-0.25, -0.2) is 0 Å². The highest BCUT2D eigenvalue weighted by Crippen LogP contribution is 2.39. The minimum Gasteiger partial charge on any atom is -0.378 e. The maximum Gasteiger partial charge on any atom is 0.0611 e. The normalized spacial score (nSPS) is 33.6. The molecule has 4 nitrogen and oxygen atoms in total. The molecule has 1 aliphatic heterocycles. The van der Waals surface area contributed by atoms with Crippen molar-refractivity contribution in [3.63, 3.8) is 0 Å². The lowest BCUT2D eigenvalue weighted by Crippen LogP contribution is -2.63. The van der Waals surface area contributed by atoms with Crippen molar-refractivity contribution >= 4 is 0 Å². The fourth-order valence-corrected chi connectivity index (χ4v) is 3.60. The number of likely N-dealkylation sites (tertiary alicyclic amines) is 1. The van der Waals surface area contributed by atoms with E-state index in [2.05, 4.69) is 30.8 Å². The van der Waals surface area contributed by atoms with E-state index in [-0.39, 0.29) is 5.54 Å². The third kappa shape index (κ3) is 3.48. The van der Waals surface area contributed by atoms with Crippen molar-refractivity contribution in [3.8, 4) is 0 Å². The van der Waals surface area contributed by atoms with E-state index in [0.29, 0.717) is 6.10 Å². The Balaban J connectivity index is 1.80. The number of rotatable bonds is 6. The summed E-state index contributed by atoms with van der Waals surface area (Å²) >= 11 is 0. The highest BCUT2D eigenvalue weighted by Gasteiger charge is 2.47. The molecular weight excluding hydrogens is 238 g/mol. The predicted octanol–water partition coefficient (Wildman–Crippen LogP) is 1.16. The summed E-state index contributed by atoms with van der Waals surface area (Å²) in [6, 6.07) is 0. The van der Waals surface area contributed by atoms with Gasteiger partial charge in [0.1, 0.15) is 0 Å². The Morgan fingerprint density at radius 1 is 1.32 bits per heavy atom. The zero-order valence-corrected chi connectivity index (χ0v) is 12.9. The molecule has 4 heteroatoms. The second-order valence-corrected chi connectivity index (χ2v) is 6.54. The van der Waals surface area contributed by atoms with Crippen molar-refractivity contribution in [2.45, 2.75) is 44.2 Å². The molecule has 0 aromatic heterocycles. The topological polar surface area (TPSA) is 41.7 Å². The van der Waals surface area contributed by atoms with Gasteiger partial charge in [0.2, 0.25) is 0 Å². The third-order valence-electron chi connectivity index (χ3n) is 5.18. The van der Waals surface area contributed by atoms with E-state index >= 15 is 0 Å². The smallest absolute Gasteiger partial charge is 0.0611 e. The zero-order valence-electron chi connectivity index (χ0n) is 12.9. The van der Waals surface area contributed by atoms with Crippen LogP contribution in [0.1, 0.15) is 32.6 Å². The first kappa shape index (κ1) is 15.2. The van der Waals surface area contributed by atoms with Gasteiger partial charge in [-0.1, -0.05) is 0 Å². The number of ether oxygens (including phenoxy) is 1. The molecule has 0 atom stereocenters. The van der Waals surface area contributed by atoms with Crippen molar-refractivity contribution in [2.75, 3.05) is 46.9 Å². The number of hydrogen-bond acceptors (Lipinski definition) is 4. The third-order valence-corrected chi connectivity index (χ3v) is 5.18. The molecule has 1 aliphatic carbocycles. The Morgan fingerprint density at radius 3 is 2.47 bits per heavy atom. The van der Waals surface area contributed by atoms with Gasteiger partial charge in [-0.15, -0.1) is 0 Å². The average molecular weight is 269 g/mol. The molecule has 1 saturated carbocycles. The quantitative estimate of drug-likeness (QED) is 0.785. The standard InChI is InChI=1S/C15H31N3O/c1-4-19-14-9-15(10-14,12-16)18(3)11-13-5-7-17(2)8-6-13/h13-14H,4-12,16H2,1-3H3. The van der Waals surface area contributed by atoms with Crippen LogP contribution in [0.25, 0.3) is 0 Å². The predicted molar refractivity (Wildman–Crippen MR) is 79.3 cm³/mol. The second-order valence-electron chi connectivity index (χ2n) is 6.54. The fourth-order valence-electron chi connectivity index (χ4n) is 3.60. The molecule has 2 aliphatic rings. The molecule has 0 aromatic carbocycles. The minimum atomic E-state index is 0.211. The van der Waals surface area contributed by atoms with E-state index in [1.165, 1.54) is 32.5 Å². The van der Waals surface area contributed by atoms with Crippen molar-refractivity contribution in [1.29, 1.82) is 0 Å². The molecule has 2 N–H and O–H groups in total. The summed E-state index contributed by atoms with van der Waals surface area (Å²) in [5.41, 5.74) is 6.26. The SMILES string of the molecule is CCOC1CC(CN)(N(C)CC2CCN(C)CC2)C1. The first-order chi connectivity index (χ1) is 9.09. The second kappa shape index (κ2) is 6.53. The van der Waals surface area contributed by atoms with Crippen LogP contribution in [-0.2, 0) is 4.74 Å². The average Bonchev–Trinajstić information content (AvgIpc) is 2.36. The molecule has 0 unspecified atom stereocenters. The Labute approximate surface area is 118 Å². The van der Waals surface area contributed by atoms with Crippen LogP contribution in [0.5, 0.6) is 0 Å². The lowest BCUT2D eigenvalue weighted by atomic mass is 9.72. The molecule has 1 saturated heterocycles. The highest BCUT2D eigenvalue weighted by atomic mass is 16.5. The van der Waals surface area contributed by atoms with Crippen LogP contribution in [0.2, 0.25) is 0 Å². The Kier molecular flexibility index (Phi) is 5.23. The van der Waals surface area contributed by atoms with Gasteiger partial charge in [-0.2, -0.15) is 0 Å². The Hall–Kier alpha value is -0.160. The number of piperidine rings is 1. The van der Waals surface area contributed by atoms with Gasteiger partial charge in [0, 0.05) is 25.2 Å². The Morgan fingerprint density at radius 2 is 1.95 bits per heavy atom. The molecule has 0 spiro atoms. The first-order valence-corrected chi connectivity index (χ1v) is 7.81. The van der Waals surface area contributed by atoms with Crippen molar-refractivity contribution < 1.29 is 4.74 Å². The molecule has 2 rings (SSSR count). The van der Waals surface area contributed by atoms with Gasteiger partial charge in [-0.05, 0) is 65.7 Å². The van der Waals surface area contributed by atoms with E-state index in [0.717, 1.165) is 31.9 Å². The van der Waals surface area contributed by atoms with E-state index in [1.54, 1.807) is 0 Å². The fraction of sp³-hybridized carbons (Fsp3) is 1.00. The molecule has 1 heterocycles. The van der Waals surface area contributed by atoms with Crippen LogP contribution >= 0.6 is 0 Å². The van der Waals surface area contributed by atoms with Gasteiger partial charge >= 0.3 is 0 Å². The van der Waals surface area contributed by atoms with Crippen LogP contribution in [0.3, 0.4) is 0 Å². The summed E-state index contributed by atoms with van der Waals surface area (Å²) in [6.07, 6.45) is 5.32. The molecule has 112 valence electrons. The van der Waals surface area contributed by atoms with Gasteiger partial charge in [0.15, 0.2) is 0 Å². The summed E-state index contributed by atoms with van der Waals surface area (Å²) in [5, 5.41) is 0. The van der Waals surface area contributed by atoms with Crippen molar-refractivity contribution in [1.82, 2.24) is 9.80 Å². The molecule has 19 heavy (non-hydrogen) atoms. The Bertz CT molecular complexity index is 271. The van der Waals surface area contributed by atoms with E-state index < -0.39 is 0 Å². The molecule has 0 bridgehead atoms. The van der Waals surface area contributed by atoms with Gasteiger partial charge < -0.3 is 15.4 Å². The first-order valence-electron chi connectivity index (χ1n) is 7.81. The summed E-state index contributed by atoms with van der Waals surface area (Å²) in [7, 11) is 4.48. The summed E-state index contributed by atoms with van der Waals surface area (Å²) in [6.45, 7) is 7.35. The lowest BCUT2D eigenvalue weighted by Gasteiger charge is -2.53. The molecule has 2 fully saturated rings. The molecule has 0 radical (unpaired) electrons. The molecule has 0 amide bonds. The van der Waals surface area contributed by atoms with E-state index in [1.807, 2.05) is 0 Å². The number of hydrogen-bond donors (Lipinski definition) is 1.